The Balaban J connectivity index is 1.30. The highest BCUT2D eigenvalue weighted by molar-refractivity contribution is 5.30. The number of hydrogen-bond acceptors (Lipinski definition) is 3. The van der Waals surface area contributed by atoms with E-state index in [1.54, 1.807) is 5.57 Å². The Morgan fingerprint density at radius 3 is 2.63 bits per heavy atom. The summed E-state index contributed by atoms with van der Waals surface area (Å²) >= 11 is 0. The normalized spacial score (nSPS) is 59.8. The molecule has 2 saturated heterocycles. The van der Waals surface area contributed by atoms with E-state index in [4.69, 9.17) is 9.47 Å². The van der Waals surface area contributed by atoms with E-state index in [1.807, 2.05) is 0 Å². The molecule has 1 N–H and O–H groups in total. The average molecular weight is 415 g/mol. The smallest absolute Gasteiger partial charge is 0.171 e. The van der Waals surface area contributed by atoms with Crippen LogP contribution < -0.4 is 0 Å². The van der Waals surface area contributed by atoms with Crippen LogP contribution in [0.1, 0.15) is 85.5 Å². The van der Waals surface area contributed by atoms with Crippen molar-refractivity contribution in [2.45, 2.75) is 103 Å². The third-order valence-corrected chi connectivity index (χ3v) is 11.3. The van der Waals surface area contributed by atoms with Gasteiger partial charge in [-0.3, -0.25) is 0 Å². The molecule has 0 aromatic heterocycles. The van der Waals surface area contributed by atoms with Crippen molar-refractivity contribution < 1.29 is 14.6 Å². The van der Waals surface area contributed by atoms with Crippen molar-refractivity contribution in [1.82, 2.24) is 0 Å². The summed E-state index contributed by atoms with van der Waals surface area (Å²) < 4.78 is 13.3. The molecule has 0 amide bonds. The van der Waals surface area contributed by atoms with Gasteiger partial charge in [0.25, 0.3) is 0 Å². The average Bonchev–Trinajstić information content (AvgIpc) is 3.16. The first-order valence-corrected chi connectivity index (χ1v) is 13.0. The maximum atomic E-state index is 10.3. The first-order chi connectivity index (χ1) is 14.3. The lowest BCUT2D eigenvalue weighted by Crippen LogP contribution is -2.50. The van der Waals surface area contributed by atoms with Gasteiger partial charge in [-0.05, 0) is 91.8 Å². The second-order valence-electron chi connectivity index (χ2n) is 12.7. The summed E-state index contributed by atoms with van der Waals surface area (Å²) in [6.07, 6.45) is 13.6. The number of ether oxygens (including phenoxy) is 2. The minimum atomic E-state index is -0.303. The maximum Gasteiger partial charge on any atom is 0.171 e. The van der Waals surface area contributed by atoms with E-state index in [2.05, 4.69) is 33.8 Å². The van der Waals surface area contributed by atoms with Crippen LogP contribution in [-0.4, -0.2) is 29.7 Å². The molecule has 0 radical (unpaired) electrons. The second kappa shape index (κ2) is 6.58. The molecule has 4 aliphatic carbocycles. The molecule has 0 aromatic rings. The molecular formula is C27H42O3. The van der Waals surface area contributed by atoms with Crippen molar-refractivity contribution >= 4 is 0 Å². The van der Waals surface area contributed by atoms with Crippen molar-refractivity contribution in [3.8, 4) is 0 Å². The highest BCUT2D eigenvalue weighted by Gasteiger charge is 2.67. The van der Waals surface area contributed by atoms with Crippen molar-refractivity contribution in [3.63, 3.8) is 0 Å². The Morgan fingerprint density at radius 2 is 1.87 bits per heavy atom. The molecular weight excluding hydrogens is 372 g/mol. The molecule has 0 unspecified atom stereocenters. The number of allylic oxidation sites excluding steroid dienone is 2. The predicted octanol–water partition coefficient (Wildman–Crippen LogP) is 5.71. The molecule has 30 heavy (non-hydrogen) atoms. The van der Waals surface area contributed by atoms with Gasteiger partial charge in [-0.15, -0.1) is 0 Å². The van der Waals surface area contributed by atoms with Crippen molar-refractivity contribution in [3.05, 3.63) is 11.6 Å². The van der Waals surface area contributed by atoms with Gasteiger partial charge in [0.2, 0.25) is 0 Å². The molecule has 168 valence electrons. The van der Waals surface area contributed by atoms with Gasteiger partial charge in [0, 0.05) is 12.3 Å². The number of fused-ring (bicyclic) bond motifs is 7. The molecule has 6 aliphatic rings. The summed E-state index contributed by atoms with van der Waals surface area (Å²) in [6, 6.07) is 0. The number of aliphatic hydroxyl groups excluding tert-OH is 1. The highest BCUT2D eigenvalue weighted by atomic mass is 16.7. The largest absolute Gasteiger partial charge is 0.393 e. The number of hydrogen-bond donors (Lipinski definition) is 1. The molecule has 3 heteroatoms. The van der Waals surface area contributed by atoms with Gasteiger partial charge in [-0.2, -0.15) is 0 Å². The van der Waals surface area contributed by atoms with E-state index in [1.165, 1.54) is 38.5 Å². The van der Waals surface area contributed by atoms with Crippen LogP contribution in [0.5, 0.6) is 0 Å². The van der Waals surface area contributed by atoms with Crippen LogP contribution in [0.4, 0.5) is 0 Å². The van der Waals surface area contributed by atoms with Crippen LogP contribution in [0.3, 0.4) is 0 Å². The Bertz CT molecular complexity index is 736. The molecule has 1 spiro atoms. The number of rotatable bonds is 0. The zero-order valence-corrected chi connectivity index (χ0v) is 19.5. The maximum absolute atomic E-state index is 10.3. The fourth-order valence-corrected chi connectivity index (χ4v) is 9.52. The zero-order valence-electron chi connectivity index (χ0n) is 19.5. The van der Waals surface area contributed by atoms with E-state index in [0.717, 1.165) is 37.7 Å². The van der Waals surface area contributed by atoms with Crippen LogP contribution in [0, 0.1) is 46.3 Å². The molecule has 5 fully saturated rings. The molecule has 2 heterocycles. The van der Waals surface area contributed by atoms with E-state index in [0.29, 0.717) is 40.6 Å². The van der Waals surface area contributed by atoms with Crippen LogP contribution in [-0.2, 0) is 9.47 Å². The molecule has 6 rings (SSSR count). The molecule has 3 nitrogen and oxygen atoms in total. The lowest BCUT2D eigenvalue weighted by Gasteiger charge is -2.57. The fraction of sp³-hybridized carbons (Fsp3) is 0.926. The second-order valence-corrected chi connectivity index (χ2v) is 12.7. The highest BCUT2D eigenvalue weighted by Crippen LogP contribution is 2.69. The summed E-state index contributed by atoms with van der Waals surface area (Å²) in [7, 11) is 0. The molecule has 2 aliphatic heterocycles. The third-order valence-electron chi connectivity index (χ3n) is 11.3. The zero-order chi connectivity index (χ0) is 20.9. The van der Waals surface area contributed by atoms with Crippen molar-refractivity contribution in [2.75, 3.05) is 6.61 Å². The van der Waals surface area contributed by atoms with Gasteiger partial charge in [-0.25, -0.2) is 0 Å². The van der Waals surface area contributed by atoms with Crippen LogP contribution in [0.25, 0.3) is 0 Å². The van der Waals surface area contributed by atoms with Gasteiger partial charge >= 0.3 is 0 Å². The van der Waals surface area contributed by atoms with Crippen LogP contribution in [0.15, 0.2) is 11.6 Å². The van der Waals surface area contributed by atoms with Crippen molar-refractivity contribution in [2.24, 2.45) is 46.3 Å². The van der Waals surface area contributed by atoms with E-state index < -0.39 is 0 Å². The minimum Gasteiger partial charge on any atom is -0.393 e. The monoisotopic (exact) mass is 414 g/mol. The Morgan fingerprint density at radius 1 is 1.03 bits per heavy atom. The van der Waals surface area contributed by atoms with E-state index >= 15 is 0 Å². The van der Waals surface area contributed by atoms with E-state index in [-0.39, 0.29) is 11.9 Å². The Hall–Kier alpha value is -0.380. The van der Waals surface area contributed by atoms with Crippen LogP contribution in [0.2, 0.25) is 0 Å². The summed E-state index contributed by atoms with van der Waals surface area (Å²) in [5.41, 5.74) is 2.46. The third kappa shape index (κ3) is 2.55. The van der Waals surface area contributed by atoms with Gasteiger partial charge in [0.05, 0.1) is 18.8 Å². The van der Waals surface area contributed by atoms with Gasteiger partial charge in [-0.1, -0.05) is 39.3 Å². The fourth-order valence-electron chi connectivity index (χ4n) is 9.52. The van der Waals surface area contributed by atoms with E-state index in [9.17, 15) is 5.11 Å². The quantitative estimate of drug-likeness (QED) is 0.516. The standard InChI is InChI=1S/C27H42O3/c1-16-7-12-27(29-15-16)17(2)24-23(30-27)14-22-20-6-5-18-13-19(28)8-10-25(18,3)21(20)9-11-26(22,24)4/h9,16-20,22-24,28H,5-8,10-15H2,1-4H3/t16-,17+,18+,19+,20-,22+,23+,24+,25+,26+,27-/m1/s1. The molecule has 11 atom stereocenters. The van der Waals surface area contributed by atoms with Gasteiger partial charge < -0.3 is 14.6 Å². The minimum absolute atomic E-state index is 0.0661. The molecule has 0 bridgehead atoms. The molecule has 3 saturated carbocycles. The van der Waals surface area contributed by atoms with Gasteiger partial charge in [0.1, 0.15) is 0 Å². The Kier molecular flexibility index (Phi) is 4.44. The first kappa shape index (κ1) is 20.2. The lowest BCUT2D eigenvalue weighted by molar-refractivity contribution is -0.272. The van der Waals surface area contributed by atoms with Gasteiger partial charge in [0.15, 0.2) is 5.79 Å². The Labute approximate surface area is 183 Å². The SMILES string of the molecule is C[C@@H]1CC[C@@]2(OC1)O[C@H]1C[C@H]3[C@@H]4CC[C@H]5C[C@@H](O)CC[C@]5(C)C4=CC[C@]3(C)[C@H]1[C@@H]2C. The predicted molar refractivity (Wildman–Crippen MR) is 118 cm³/mol. The van der Waals surface area contributed by atoms with Crippen molar-refractivity contribution in [1.29, 1.82) is 0 Å². The van der Waals surface area contributed by atoms with Crippen LogP contribution >= 0.6 is 0 Å². The molecule has 0 aromatic carbocycles. The topological polar surface area (TPSA) is 38.7 Å². The first-order valence-electron chi connectivity index (χ1n) is 13.0. The summed E-state index contributed by atoms with van der Waals surface area (Å²) in [5, 5.41) is 10.3. The summed E-state index contributed by atoms with van der Waals surface area (Å²) in [6.45, 7) is 10.7. The lowest BCUT2D eigenvalue weighted by atomic mass is 9.48. The summed E-state index contributed by atoms with van der Waals surface area (Å²) in [4.78, 5) is 0. The summed E-state index contributed by atoms with van der Waals surface area (Å²) in [5.74, 6) is 3.68. The number of aliphatic hydroxyl groups is 1.